The maximum Gasteiger partial charge on any atom is 0.409 e. The van der Waals surface area contributed by atoms with E-state index in [1.807, 2.05) is 35.2 Å². The van der Waals surface area contributed by atoms with E-state index in [0.717, 1.165) is 5.56 Å². The van der Waals surface area contributed by atoms with Crippen molar-refractivity contribution in [2.24, 2.45) is 0 Å². The molecule has 0 N–H and O–H groups in total. The van der Waals surface area contributed by atoms with Crippen LogP contribution in [0.2, 0.25) is 0 Å². The van der Waals surface area contributed by atoms with Gasteiger partial charge in [0.25, 0.3) is 0 Å². The third-order valence-corrected chi connectivity index (χ3v) is 6.82. The molecule has 0 saturated carbocycles. The Kier molecular flexibility index (Phi) is 6.56. The van der Waals surface area contributed by atoms with Crippen LogP contribution in [0.3, 0.4) is 0 Å². The lowest BCUT2D eigenvalue weighted by Crippen LogP contribution is -2.54. The summed E-state index contributed by atoms with van der Waals surface area (Å²) in [6.07, 6.45) is -0.351. The third kappa shape index (κ3) is 4.82. The van der Waals surface area contributed by atoms with Crippen LogP contribution in [0.4, 0.5) is 4.79 Å². The predicted octanol–water partition coefficient (Wildman–Crippen LogP) is 0.759. The maximum atomic E-state index is 13.4. The highest BCUT2D eigenvalue weighted by Crippen LogP contribution is 2.26. The number of amides is 2. The number of carbonyl (C=O) groups excluding carboxylic acids is 2. The lowest BCUT2D eigenvalue weighted by molar-refractivity contribution is -0.139. The van der Waals surface area contributed by atoms with Crippen molar-refractivity contribution in [3.8, 4) is 0 Å². The second-order valence-corrected chi connectivity index (χ2v) is 9.32. The Bertz CT molecular complexity index is 777. The van der Waals surface area contributed by atoms with E-state index in [0.29, 0.717) is 45.9 Å². The van der Waals surface area contributed by atoms with E-state index in [4.69, 9.17) is 4.74 Å². The first-order valence-electron chi connectivity index (χ1n) is 9.61. The van der Waals surface area contributed by atoms with Crippen molar-refractivity contribution in [3.63, 3.8) is 0 Å². The number of nitrogens with zero attached hydrogens (tertiary/aromatic N) is 3. The van der Waals surface area contributed by atoms with Gasteiger partial charge in [-0.15, -0.1) is 0 Å². The van der Waals surface area contributed by atoms with Crippen molar-refractivity contribution in [2.75, 3.05) is 57.4 Å². The molecule has 1 atom stereocenters. The normalized spacial score (nSPS) is 21.2. The number of benzene rings is 1. The molecule has 154 valence electrons. The summed E-state index contributed by atoms with van der Waals surface area (Å²) in [7, 11) is -3.03. The van der Waals surface area contributed by atoms with Crippen LogP contribution in [0, 0.1) is 0 Å². The van der Waals surface area contributed by atoms with Gasteiger partial charge < -0.3 is 14.5 Å². The maximum absolute atomic E-state index is 13.4. The molecule has 0 aliphatic carbocycles. The Morgan fingerprint density at radius 2 is 1.54 bits per heavy atom. The summed E-state index contributed by atoms with van der Waals surface area (Å²) in [4.78, 5) is 30.6. The number of carbonyl (C=O) groups is 2. The van der Waals surface area contributed by atoms with Crippen LogP contribution in [0.25, 0.3) is 0 Å². The Morgan fingerprint density at radius 1 is 0.964 bits per heavy atom. The number of piperazine rings is 1. The molecule has 2 heterocycles. The van der Waals surface area contributed by atoms with Gasteiger partial charge in [0.15, 0.2) is 9.84 Å². The third-order valence-electron chi connectivity index (χ3n) is 5.21. The fourth-order valence-corrected chi connectivity index (χ4v) is 4.86. The standard InChI is InChI=1S/C19H27N3O5S/c1-2-27-19(24)22-10-8-21(9-11-22)18(23)17(16-6-4-3-5-7-16)20-12-14-28(25,26)15-13-20/h3-7,17H,2,8-15H2,1H3. The molecule has 2 fully saturated rings. The number of hydrogen-bond acceptors (Lipinski definition) is 6. The molecule has 1 unspecified atom stereocenters. The molecule has 2 aliphatic heterocycles. The van der Waals surface area contributed by atoms with Crippen LogP contribution in [-0.2, 0) is 19.4 Å². The van der Waals surface area contributed by atoms with Crippen molar-refractivity contribution in [2.45, 2.75) is 13.0 Å². The van der Waals surface area contributed by atoms with Crippen molar-refractivity contribution >= 4 is 21.8 Å². The minimum absolute atomic E-state index is 0.0472. The molecule has 9 heteroatoms. The topological polar surface area (TPSA) is 87.2 Å². The quantitative estimate of drug-likeness (QED) is 0.730. The molecular weight excluding hydrogens is 382 g/mol. The zero-order valence-corrected chi connectivity index (χ0v) is 16.9. The molecule has 0 radical (unpaired) electrons. The van der Waals surface area contributed by atoms with Crippen molar-refractivity contribution in [1.29, 1.82) is 0 Å². The number of ether oxygens (including phenoxy) is 1. The molecule has 28 heavy (non-hydrogen) atoms. The fourth-order valence-electron chi connectivity index (χ4n) is 3.63. The van der Waals surface area contributed by atoms with E-state index in [-0.39, 0.29) is 23.5 Å². The van der Waals surface area contributed by atoms with Crippen LogP contribution >= 0.6 is 0 Å². The molecule has 1 aromatic carbocycles. The van der Waals surface area contributed by atoms with Crippen LogP contribution in [-0.4, -0.2) is 92.5 Å². The molecule has 0 bridgehead atoms. The van der Waals surface area contributed by atoms with Gasteiger partial charge in [-0.3, -0.25) is 9.69 Å². The van der Waals surface area contributed by atoms with E-state index in [2.05, 4.69) is 0 Å². The molecule has 2 aliphatic rings. The fraction of sp³-hybridized carbons (Fsp3) is 0.579. The molecule has 1 aromatic rings. The largest absolute Gasteiger partial charge is 0.450 e. The van der Waals surface area contributed by atoms with Gasteiger partial charge in [-0.1, -0.05) is 30.3 Å². The van der Waals surface area contributed by atoms with Gasteiger partial charge in [0.05, 0.1) is 18.1 Å². The Labute approximate surface area is 166 Å². The van der Waals surface area contributed by atoms with Crippen LogP contribution in [0.5, 0.6) is 0 Å². The predicted molar refractivity (Wildman–Crippen MR) is 105 cm³/mol. The van der Waals surface area contributed by atoms with Crippen molar-refractivity contribution in [1.82, 2.24) is 14.7 Å². The summed E-state index contributed by atoms with van der Waals surface area (Å²) in [6, 6.07) is 8.96. The molecule has 3 rings (SSSR count). The smallest absolute Gasteiger partial charge is 0.409 e. The van der Waals surface area contributed by atoms with Crippen LogP contribution in [0.15, 0.2) is 30.3 Å². The van der Waals surface area contributed by atoms with Gasteiger partial charge in [-0.05, 0) is 12.5 Å². The molecular formula is C19H27N3O5S. The van der Waals surface area contributed by atoms with Gasteiger partial charge in [0.2, 0.25) is 5.91 Å². The Morgan fingerprint density at radius 3 is 2.11 bits per heavy atom. The summed E-state index contributed by atoms with van der Waals surface area (Å²) >= 11 is 0. The zero-order valence-electron chi connectivity index (χ0n) is 16.1. The lowest BCUT2D eigenvalue weighted by Gasteiger charge is -2.39. The minimum Gasteiger partial charge on any atom is -0.450 e. The van der Waals surface area contributed by atoms with E-state index in [9.17, 15) is 18.0 Å². The first-order chi connectivity index (χ1) is 13.4. The van der Waals surface area contributed by atoms with Gasteiger partial charge in [-0.2, -0.15) is 0 Å². The Hall–Kier alpha value is -2.13. The van der Waals surface area contributed by atoms with E-state index < -0.39 is 15.9 Å². The number of hydrogen-bond donors (Lipinski definition) is 0. The van der Waals surface area contributed by atoms with Crippen molar-refractivity contribution in [3.05, 3.63) is 35.9 Å². The number of rotatable bonds is 4. The summed E-state index contributed by atoms with van der Waals surface area (Å²) in [5.41, 5.74) is 0.861. The van der Waals surface area contributed by atoms with Gasteiger partial charge in [0.1, 0.15) is 6.04 Å². The van der Waals surface area contributed by atoms with E-state index >= 15 is 0 Å². The van der Waals surface area contributed by atoms with Gasteiger partial charge in [-0.25, -0.2) is 13.2 Å². The summed E-state index contributed by atoms with van der Waals surface area (Å²) in [6.45, 7) is 4.51. The molecule has 0 aromatic heterocycles. The van der Waals surface area contributed by atoms with E-state index in [1.165, 1.54) is 0 Å². The second-order valence-electron chi connectivity index (χ2n) is 7.01. The SMILES string of the molecule is CCOC(=O)N1CCN(C(=O)C(c2ccccc2)N2CCS(=O)(=O)CC2)CC1. The second kappa shape index (κ2) is 8.91. The minimum atomic E-state index is -3.03. The van der Waals surface area contributed by atoms with Gasteiger partial charge >= 0.3 is 6.09 Å². The monoisotopic (exact) mass is 409 g/mol. The average molecular weight is 410 g/mol. The van der Waals surface area contributed by atoms with E-state index in [1.54, 1.807) is 16.7 Å². The number of sulfone groups is 1. The summed E-state index contributed by atoms with van der Waals surface area (Å²) in [5, 5.41) is 0. The summed E-state index contributed by atoms with van der Waals surface area (Å²) in [5.74, 6) is 0.0922. The Balaban J connectivity index is 1.72. The highest BCUT2D eigenvalue weighted by atomic mass is 32.2. The average Bonchev–Trinajstić information content (AvgIpc) is 2.70. The lowest BCUT2D eigenvalue weighted by atomic mass is 10.0. The molecule has 0 spiro atoms. The summed E-state index contributed by atoms with van der Waals surface area (Å²) < 4.78 is 28.6. The highest BCUT2D eigenvalue weighted by molar-refractivity contribution is 7.91. The molecule has 8 nitrogen and oxygen atoms in total. The first kappa shape index (κ1) is 20.6. The molecule has 2 amide bonds. The molecule has 2 saturated heterocycles. The van der Waals surface area contributed by atoms with Crippen molar-refractivity contribution < 1.29 is 22.7 Å². The van der Waals surface area contributed by atoms with Gasteiger partial charge in [0, 0.05) is 39.3 Å². The highest BCUT2D eigenvalue weighted by Gasteiger charge is 2.36. The van der Waals surface area contributed by atoms with Crippen LogP contribution in [0.1, 0.15) is 18.5 Å². The first-order valence-corrected chi connectivity index (χ1v) is 11.4. The zero-order chi connectivity index (χ0) is 20.1. The van der Waals surface area contributed by atoms with Crippen LogP contribution < -0.4 is 0 Å².